The van der Waals surface area contributed by atoms with E-state index in [4.69, 9.17) is 0 Å². The molecule has 3 nitrogen and oxygen atoms in total. The summed E-state index contributed by atoms with van der Waals surface area (Å²) in [7, 11) is 0. The molecule has 0 amide bonds. The van der Waals surface area contributed by atoms with Crippen molar-refractivity contribution < 1.29 is 0 Å². The quantitative estimate of drug-likeness (QED) is 0.676. The van der Waals surface area contributed by atoms with Gasteiger partial charge in [-0.3, -0.25) is 4.98 Å². The van der Waals surface area contributed by atoms with Crippen LogP contribution in [0.3, 0.4) is 0 Å². The Kier molecular flexibility index (Phi) is 1.78. The van der Waals surface area contributed by atoms with Gasteiger partial charge in [-0.05, 0) is 18.6 Å². The Bertz CT molecular complexity index is 281. The second-order valence-electron chi connectivity index (χ2n) is 2.99. The lowest BCUT2D eigenvalue weighted by Crippen LogP contribution is -2.10. The first-order valence-corrected chi connectivity index (χ1v) is 4.06. The molecule has 0 spiro atoms. The number of aromatic nitrogens is 1. The number of pyridine rings is 1. The van der Waals surface area contributed by atoms with E-state index in [0.717, 1.165) is 12.1 Å². The van der Waals surface area contributed by atoms with E-state index in [1.165, 1.54) is 5.56 Å². The lowest BCUT2D eigenvalue weighted by Gasteiger charge is -2.07. The first-order chi connectivity index (χ1) is 5.86. The summed E-state index contributed by atoms with van der Waals surface area (Å²) in [4.78, 5) is 4.32. The predicted octanol–water partition coefficient (Wildman–Crippen LogP) is 1.41. The van der Waals surface area contributed by atoms with E-state index in [2.05, 4.69) is 21.6 Å². The fraction of sp³-hybridized carbons (Fsp3) is 0.333. The van der Waals surface area contributed by atoms with Gasteiger partial charge in [-0.15, -0.1) is 0 Å². The zero-order valence-electron chi connectivity index (χ0n) is 6.99. The second-order valence-corrected chi connectivity index (χ2v) is 2.99. The van der Waals surface area contributed by atoms with Gasteiger partial charge in [0.05, 0.1) is 11.7 Å². The Morgan fingerprint density at radius 3 is 3.00 bits per heavy atom. The molecule has 0 aliphatic carbocycles. The van der Waals surface area contributed by atoms with Crippen LogP contribution < -0.4 is 5.43 Å². The van der Waals surface area contributed by atoms with Crippen LogP contribution in [-0.2, 0) is 0 Å². The van der Waals surface area contributed by atoms with Crippen molar-refractivity contribution in [3.05, 3.63) is 29.6 Å². The molecule has 1 aromatic heterocycles. The average Bonchev–Trinajstić information content (AvgIpc) is 2.58. The van der Waals surface area contributed by atoms with Gasteiger partial charge in [0, 0.05) is 18.8 Å². The van der Waals surface area contributed by atoms with E-state index < -0.39 is 0 Å². The molecule has 1 unspecified atom stereocenters. The summed E-state index contributed by atoms with van der Waals surface area (Å²) in [5.41, 5.74) is 5.26. The summed E-state index contributed by atoms with van der Waals surface area (Å²) < 4.78 is 0. The molecule has 0 aromatic carbocycles. The number of rotatable bonds is 1. The number of aryl methyl sites for hydroxylation is 1. The van der Waals surface area contributed by atoms with Crippen LogP contribution in [0, 0.1) is 6.92 Å². The van der Waals surface area contributed by atoms with Crippen molar-refractivity contribution in [2.75, 3.05) is 0 Å². The fourth-order valence-electron chi connectivity index (χ4n) is 1.23. The third-order valence-corrected chi connectivity index (χ3v) is 1.95. The Morgan fingerprint density at radius 1 is 1.50 bits per heavy atom. The van der Waals surface area contributed by atoms with Crippen LogP contribution in [-0.4, -0.2) is 11.2 Å². The maximum Gasteiger partial charge on any atom is 0.0910 e. The van der Waals surface area contributed by atoms with Crippen molar-refractivity contribution >= 4 is 6.21 Å². The molecule has 1 aliphatic rings. The Hall–Kier alpha value is -1.38. The lowest BCUT2D eigenvalue weighted by atomic mass is 10.1. The molecular weight excluding hydrogens is 150 g/mol. The monoisotopic (exact) mass is 161 g/mol. The highest BCUT2D eigenvalue weighted by Gasteiger charge is 2.13. The molecule has 1 aromatic rings. The van der Waals surface area contributed by atoms with Crippen molar-refractivity contribution in [3.8, 4) is 0 Å². The van der Waals surface area contributed by atoms with Gasteiger partial charge in [0.2, 0.25) is 0 Å². The fourth-order valence-corrected chi connectivity index (χ4v) is 1.23. The highest BCUT2D eigenvalue weighted by molar-refractivity contribution is 5.60. The molecule has 3 heteroatoms. The minimum absolute atomic E-state index is 0.283. The van der Waals surface area contributed by atoms with Crippen LogP contribution in [0.1, 0.15) is 23.7 Å². The number of hydrogen-bond acceptors (Lipinski definition) is 3. The Balaban J connectivity index is 2.18. The van der Waals surface area contributed by atoms with Crippen molar-refractivity contribution in [3.63, 3.8) is 0 Å². The van der Waals surface area contributed by atoms with Crippen LogP contribution in [0.25, 0.3) is 0 Å². The van der Waals surface area contributed by atoms with Crippen molar-refractivity contribution in [2.24, 2.45) is 5.10 Å². The molecule has 0 saturated heterocycles. The third-order valence-electron chi connectivity index (χ3n) is 1.95. The van der Waals surface area contributed by atoms with Crippen LogP contribution in [0.2, 0.25) is 0 Å². The van der Waals surface area contributed by atoms with E-state index in [1.807, 2.05) is 25.4 Å². The van der Waals surface area contributed by atoms with E-state index >= 15 is 0 Å². The molecule has 1 atom stereocenters. The van der Waals surface area contributed by atoms with Gasteiger partial charge in [-0.25, -0.2) is 0 Å². The first-order valence-electron chi connectivity index (χ1n) is 4.06. The van der Waals surface area contributed by atoms with Gasteiger partial charge in [-0.2, -0.15) is 5.10 Å². The lowest BCUT2D eigenvalue weighted by molar-refractivity contribution is 0.603. The standard InChI is InChI=1S/C9H11N3/c1-7-2-3-8(10-6-7)9-4-5-11-12-9/h2-3,5-6,9,12H,4H2,1H3. The van der Waals surface area contributed by atoms with Crippen LogP contribution in [0.4, 0.5) is 0 Å². The Morgan fingerprint density at radius 2 is 2.42 bits per heavy atom. The summed E-state index contributed by atoms with van der Waals surface area (Å²) in [6.07, 6.45) is 4.71. The smallest absolute Gasteiger partial charge is 0.0910 e. The maximum atomic E-state index is 4.32. The zero-order chi connectivity index (χ0) is 8.39. The molecular formula is C9H11N3. The van der Waals surface area contributed by atoms with E-state index in [-0.39, 0.29) is 6.04 Å². The molecule has 62 valence electrons. The summed E-state index contributed by atoms with van der Waals surface area (Å²) in [5.74, 6) is 0. The highest BCUT2D eigenvalue weighted by atomic mass is 15.3. The van der Waals surface area contributed by atoms with Crippen LogP contribution in [0.15, 0.2) is 23.4 Å². The van der Waals surface area contributed by atoms with Crippen LogP contribution in [0.5, 0.6) is 0 Å². The molecule has 1 N–H and O–H groups in total. The van der Waals surface area contributed by atoms with E-state index in [9.17, 15) is 0 Å². The highest BCUT2D eigenvalue weighted by Crippen LogP contribution is 2.16. The minimum atomic E-state index is 0.283. The molecule has 2 heterocycles. The topological polar surface area (TPSA) is 37.3 Å². The number of hydrogen-bond donors (Lipinski definition) is 1. The number of nitrogens with zero attached hydrogens (tertiary/aromatic N) is 2. The average molecular weight is 161 g/mol. The van der Waals surface area contributed by atoms with Crippen molar-refractivity contribution in [2.45, 2.75) is 19.4 Å². The summed E-state index contributed by atoms with van der Waals surface area (Å²) in [5, 5.41) is 3.95. The SMILES string of the molecule is Cc1ccc(C2CC=NN2)nc1. The molecule has 0 radical (unpaired) electrons. The van der Waals surface area contributed by atoms with Crippen LogP contribution >= 0.6 is 0 Å². The molecule has 0 bridgehead atoms. The zero-order valence-corrected chi connectivity index (χ0v) is 6.99. The first kappa shape index (κ1) is 7.28. The maximum absolute atomic E-state index is 4.32. The summed E-state index contributed by atoms with van der Waals surface area (Å²) in [6.45, 7) is 2.04. The number of hydrazone groups is 1. The van der Waals surface area contributed by atoms with Gasteiger partial charge >= 0.3 is 0 Å². The second kappa shape index (κ2) is 2.93. The van der Waals surface area contributed by atoms with E-state index in [1.54, 1.807) is 0 Å². The predicted molar refractivity (Wildman–Crippen MR) is 48.0 cm³/mol. The van der Waals surface area contributed by atoms with Crippen molar-refractivity contribution in [1.29, 1.82) is 0 Å². The molecule has 0 fully saturated rings. The van der Waals surface area contributed by atoms with Gasteiger partial charge in [0.1, 0.15) is 0 Å². The third kappa shape index (κ3) is 1.30. The van der Waals surface area contributed by atoms with Crippen molar-refractivity contribution in [1.82, 2.24) is 10.4 Å². The normalized spacial score (nSPS) is 20.9. The van der Waals surface area contributed by atoms with Gasteiger partial charge < -0.3 is 5.43 Å². The number of nitrogens with one attached hydrogen (secondary N) is 1. The largest absolute Gasteiger partial charge is 0.301 e. The molecule has 12 heavy (non-hydrogen) atoms. The minimum Gasteiger partial charge on any atom is -0.301 e. The summed E-state index contributed by atoms with van der Waals surface area (Å²) >= 11 is 0. The molecule has 0 saturated carbocycles. The van der Waals surface area contributed by atoms with Gasteiger partial charge in [0.25, 0.3) is 0 Å². The van der Waals surface area contributed by atoms with Gasteiger partial charge in [0.15, 0.2) is 0 Å². The molecule has 2 rings (SSSR count). The van der Waals surface area contributed by atoms with E-state index in [0.29, 0.717) is 0 Å². The van der Waals surface area contributed by atoms with Gasteiger partial charge in [-0.1, -0.05) is 6.07 Å². The molecule has 1 aliphatic heterocycles. The summed E-state index contributed by atoms with van der Waals surface area (Å²) in [6, 6.07) is 4.40. The Labute approximate surface area is 71.5 Å².